The van der Waals surface area contributed by atoms with Crippen LogP contribution < -0.4 is 0 Å². The average Bonchev–Trinajstić information content (AvgIpc) is 2.80. The molecule has 3 N–H and O–H groups in total. The van der Waals surface area contributed by atoms with E-state index in [1.54, 1.807) is 12.2 Å². The van der Waals surface area contributed by atoms with Gasteiger partial charge in [0, 0.05) is 12.0 Å². The molecule has 0 saturated heterocycles. The molecule has 1 rings (SSSR count). The molecule has 6 heteroatoms. The van der Waals surface area contributed by atoms with E-state index in [-0.39, 0.29) is 12.4 Å². The highest BCUT2D eigenvalue weighted by Crippen LogP contribution is 2.34. The molecular weight excluding hydrogens is 468 g/mol. The van der Waals surface area contributed by atoms with Gasteiger partial charge in [-0.2, -0.15) is 0 Å². The number of hydrogen-bond acceptors (Lipinski definition) is 5. The third-order valence-corrected chi connectivity index (χ3v) is 7.07. The highest BCUT2D eigenvalue weighted by molar-refractivity contribution is 5.76. The van der Waals surface area contributed by atoms with Gasteiger partial charge in [0.05, 0.1) is 24.0 Å². The monoisotopic (exact) mass is 518 g/mol. The molecule has 0 aliphatic rings. The Morgan fingerprint density at radius 3 is 2.22 bits per heavy atom. The number of rotatable bonds is 18. The standard InChI is InChI=1S/C31H50O6/c1-7-9-10-11-12-13-14-15-28(37-30(36)31(5,6)8-2)27-19-22(3)18-23(4)26(27)17-16-24(32)20-25(33)21-29(34)35/h16-19,24-25,28,32-33H,7-15,20-21H2,1-6H3,(H,34,35)/b17-16+. The summed E-state index contributed by atoms with van der Waals surface area (Å²) in [5.41, 5.74) is 3.28. The van der Waals surface area contributed by atoms with E-state index in [0.717, 1.165) is 41.5 Å². The number of aliphatic hydroxyl groups excluding tert-OH is 2. The Labute approximate surface area is 224 Å². The lowest BCUT2D eigenvalue weighted by Crippen LogP contribution is -2.27. The molecule has 1 aromatic carbocycles. The maximum atomic E-state index is 13.1. The van der Waals surface area contributed by atoms with Gasteiger partial charge in [-0.3, -0.25) is 9.59 Å². The first-order valence-electron chi connectivity index (χ1n) is 14.0. The fraction of sp³-hybridized carbons (Fsp3) is 0.677. The van der Waals surface area contributed by atoms with Crippen molar-refractivity contribution in [2.24, 2.45) is 5.41 Å². The zero-order chi connectivity index (χ0) is 28.0. The molecule has 37 heavy (non-hydrogen) atoms. The van der Waals surface area contributed by atoms with Crippen LogP contribution in [-0.2, 0) is 14.3 Å². The van der Waals surface area contributed by atoms with Crippen molar-refractivity contribution in [3.63, 3.8) is 0 Å². The van der Waals surface area contributed by atoms with Gasteiger partial charge in [-0.25, -0.2) is 0 Å². The van der Waals surface area contributed by atoms with Crippen molar-refractivity contribution in [2.45, 2.75) is 130 Å². The summed E-state index contributed by atoms with van der Waals surface area (Å²) in [7, 11) is 0. The molecule has 1 aromatic rings. The predicted octanol–water partition coefficient (Wildman–Crippen LogP) is 7.06. The first-order chi connectivity index (χ1) is 17.4. The third kappa shape index (κ3) is 12.3. The number of aliphatic carboxylic acids is 1. The number of ether oxygens (including phenoxy) is 1. The van der Waals surface area contributed by atoms with Crippen molar-refractivity contribution in [1.82, 2.24) is 0 Å². The second kappa shape index (κ2) is 16.6. The van der Waals surface area contributed by atoms with Crippen LogP contribution in [0.3, 0.4) is 0 Å². The summed E-state index contributed by atoms with van der Waals surface area (Å²) in [5, 5.41) is 29.1. The molecule has 3 unspecified atom stereocenters. The van der Waals surface area contributed by atoms with Crippen LogP contribution in [-0.4, -0.2) is 39.5 Å². The first-order valence-corrected chi connectivity index (χ1v) is 14.0. The van der Waals surface area contributed by atoms with Gasteiger partial charge in [0.1, 0.15) is 6.10 Å². The Morgan fingerprint density at radius 1 is 1.00 bits per heavy atom. The Balaban J connectivity index is 3.17. The zero-order valence-corrected chi connectivity index (χ0v) is 23.9. The number of carboxylic acid groups (broad SMARTS) is 1. The fourth-order valence-corrected chi connectivity index (χ4v) is 4.35. The molecule has 0 bridgehead atoms. The molecule has 0 fully saturated rings. The van der Waals surface area contributed by atoms with Crippen molar-refractivity contribution >= 4 is 18.0 Å². The molecular formula is C31H50O6. The molecule has 0 aromatic heterocycles. The van der Waals surface area contributed by atoms with Crippen LogP contribution in [0, 0.1) is 19.3 Å². The number of benzene rings is 1. The number of unbranched alkanes of at least 4 members (excludes halogenated alkanes) is 6. The summed E-state index contributed by atoms with van der Waals surface area (Å²) in [6.45, 7) is 12.0. The van der Waals surface area contributed by atoms with E-state index in [9.17, 15) is 19.8 Å². The molecule has 210 valence electrons. The van der Waals surface area contributed by atoms with Gasteiger partial charge in [-0.1, -0.05) is 82.2 Å². The van der Waals surface area contributed by atoms with Gasteiger partial charge in [-0.15, -0.1) is 0 Å². The quantitative estimate of drug-likeness (QED) is 0.142. The van der Waals surface area contributed by atoms with E-state index in [1.165, 1.54) is 32.1 Å². The molecule has 3 atom stereocenters. The SMILES string of the molecule is CCCCCCCCCC(OC(=O)C(C)(C)CC)c1cc(C)cc(C)c1/C=C/C(O)CC(O)CC(=O)O. The minimum absolute atomic E-state index is 0.0653. The Bertz CT molecular complexity index is 873. The van der Waals surface area contributed by atoms with Gasteiger partial charge < -0.3 is 20.1 Å². The lowest BCUT2D eigenvalue weighted by atomic mass is 9.89. The van der Waals surface area contributed by atoms with Crippen molar-refractivity contribution < 1.29 is 29.6 Å². The number of aliphatic hydroxyl groups is 2. The highest BCUT2D eigenvalue weighted by Gasteiger charge is 2.31. The number of carbonyl (C=O) groups excluding carboxylic acids is 1. The van der Waals surface area contributed by atoms with Gasteiger partial charge in [0.15, 0.2) is 0 Å². The van der Waals surface area contributed by atoms with E-state index in [0.29, 0.717) is 6.42 Å². The maximum absolute atomic E-state index is 13.1. The van der Waals surface area contributed by atoms with Crippen molar-refractivity contribution in [2.75, 3.05) is 0 Å². The second-order valence-corrected chi connectivity index (χ2v) is 11.0. The Kier molecular flexibility index (Phi) is 14.8. The molecule has 0 aliphatic heterocycles. The average molecular weight is 519 g/mol. The van der Waals surface area contributed by atoms with E-state index in [1.807, 2.05) is 34.6 Å². The molecule has 6 nitrogen and oxygen atoms in total. The first kappa shape index (κ1) is 32.8. The van der Waals surface area contributed by atoms with Crippen LogP contribution in [0.1, 0.15) is 127 Å². The van der Waals surface area contributed by atoms with Crippen LogP contribution in [0.25, 0.3) is 6.08 Å². The molecule has 0 amide bonds. The largest absolute Gasteiger partial charge is 0.481 e. The number of carboxylic acids is 1. The second-order valence-electron chi connectivity index (χ2n) is 11.0. The molecule has 0 radical (unpaired) electrons. The van der Waals surface area contributed by atoms with Crippen LogP contribution in [0.5, 0.6) is 0 Å². The summed E-state index contributed by atoms with van der Waals surface area (Å²) in [6.07, 6.45) is 9.98. The summed E-state index contributed by atoms with van der Waals surface area (Å²) >= 11 is 0. The summed E-state index contributed by atoms with van der Waals surface area (Å²) in [5.74, 6) is -1.32. The van der Waals surface area contributed by atoms with Gasteiger partial charge in [-0.05, 0) is 58.1 Å². The maximum Gasteiger partial charge on any atom is 0.312 e. The summed E-state index contributed by atoms with van der Waals surface area (Å²) in [6, 6.07) is 4.11. The zero-order valence-electron chi connectivity index (χ0n) is 23.9. The van der Waals surface area contributed by atoms with Gasteiger partial charge in [0.25, 0.3) is 0 Å². The van der Waals surface area contributed by atoms with E-state index >= 15 is 0 Å². The Morgan fingerprint density at radius 2 is 1.62 bits per heavy atom. The number of carbonyl (C=O) groups is 2. The predicted molar refractivity (Wildman–Crippen MR) is 149 cm³/mol. The molecule has 0 aliphatic carbocycles. The van der Waals surface area contributed by atoms with Crippen LogP contribution in [0.2, 0.25) is 0 Å². The van der Waals surface area contributed by atoms with Crippen molar-refractivity contribution in [3.8, 4) is 0 Å². The highest BCUT2D eigenvalue weighted by atomic mass is 16.5. The van der Waals surface area contributed by atoms with Crippen molar-refractivity contribution in [1.29, 1.82) is 0 Å². The van der Waals surface area contributed by atoms with Gasteiger partial charge >= 0.3 is 11.9 Å². The van der Waals surface area contributed by atoms with E-state index < -0.39 is 36.1 Å². The number of aryl methyl sites for hydroxylation is 2. The van der Waals surface area contributed by atoms with Crippen LogP contribution in [0.4, 0.5) is 0 Å². The smallest absolute Gasteiger partial charge is 0.312 e. The van der Waals surface area contributed by atoms with E-state index in [4.69, 9.17) is 9.84 Å². The van der Waals surface area contributed by atoms with Crippen LogP contribution >= 0.6 is 0 Å². The number of hydrogen-bond donors (Lipinski definition) is 3. The van der Waals surface area contributed by atoms with Crippen molar-refractivity contribution in [3.05, 3.63) is 40.5 Å². The molecule has 0 spiro atoms. The van der Waals surface area contributed by atoms with E-state index in [2.05, 4.69) is 19.1 Å². The minimum Gasteiger partial charge on any atom is -0.481 e. The normalized spacial score (nSPS) is 14.5. The third-order valence-electron chi connectivity index (χ3n) is 7.07. The van der Waals surface area contributed by atoms with Gasteiger partial charge in [0.2, 0.25) is 0 Å². The topological polar surface area (TPSA) is 104 Å². The Hall–Kier alpha value is -2.18. The number of esters is 1. The summed E-state index contributed by atoms with van der Waals surface area (Å²) in [4.78, 5) is 23.9. The lowest BCUT2D eigenvalue weighted by molar-refractivity contribution is -0.160. The lowest BCUT2D eigenvalue weighted by Gasteiger charge is -2.27. The minimum atomic E-state index is -1.13. The summed E-state index contributed by atoms with van der Waals surface area (Å²) < 4.78 is 6.16. The fourth-order valence-electron chi connectivity index (χ4n) is 4.35. The molecule has 0 heterocycles. The van der Waals surface area contributed by atoms with Crippen LogP contribution in [0.15, 0.2) is 18.2 Å². The molecule has 0 saturated carbocycles.